The first kappa shape index (κ1) is 24.6. The summed E-state index contributed by atoms with van der Waals surface area (Å²) in [5.41, 5.74) is 0.992. The Labute approximate surface area is 197 Å². The molecule has 9 heteroatoms. The van der Waals surface area contributed by atoms with Crippen molar-refractivity contribution in [3.05, 3.63) is 65.7 Å². The Balaban J connectivity index is 1.61. The highest BCUT2D eigenvalue weighted by atomic mass is 32.2. The molecule has 0 aliphatic rings. The van der Waals surface area contributed by atoms with Crippen LogP contribution in [0.4, 0.5) is 4.39 Å². The molecule has 0 aliphatic carbocycles. The quantitative estimate of drug-likeness (QED) is 0.410. The van der Waals surface area contributed by atoms with E-state index in [1.807, 2.05) is 35.8 Å². The molecule has 0 fully saturated rings. The van der Waals surface area contributed by atoms with Gasteiger partial charge in [-0.15, -0.1) is 10.2 Å². The standard InChI is InChI=1S/C24H29FN4O3S/c1-16(2)14-29-23(17(3)32-21-11-7-19(25)8-12-21)27-28-24(29)33-15-22(30)26-13-18-5-9-20(31-4)10-6-18/h5-12,16-17H,13-15H2,1-4H3,(H,26,30). The highest BCUT2D eigenvalue weighted by Gasteiger charge is 2.21. The number of hydrogen-bond donors (Lipinski definition) is 1. The van der Waals surface area contributed by atoms with Crippen LogP contribution in [0.15, 0.2) is 53.7 Å². The third kappa shape index (κ3) is 7.21. The van der Waals surface area contributed by atoms with Crippen LogP contribution in [-0.4, -0.2) is 33.5 Å². The predicted molar refractivity (Wildman–Crippen MR) is 126 cm³/mol. The van der Waals surface area contributed by atoms with Gasteiger partial charge in [0.1, 0.15) is 17.3 Å². The summed E-state index contributed by atoms with van der Waals surface area (Å²) in [4.78, 5) is 12.4. The number of thioether (sulfide) groups is 1. The normalized spacial score (nSPS) is 11.9. The maximum atomic E-state index is 13.2. The first-order valence-electron chi connectivity index (χ1n) is 10.7. The fourth-order valence-corrected chi connectivity index (χ4v) is 3.92. The van der Waals surface area contributed by atoms with Gasteiger partial charge in [0.25, 0.3) is 0 Å². The van der Waals surface area contributed by atoms with Crippen LogP contribution < -0.4 is 14.8 Å². The molecule has 1 aromatic heterocycles. The summed E-state index contributed by atoms with van der Waals surface area (Å²) < 4.78 is 26.2. The molecule has 1 unspecified atom stereocenters. The number of halogens is 1. The number of benzene rings is 2. The molecule has 1 amide bonds. The van der Waals surface area contributed by atoms with E-state index in [0.717, 1.165) is 11.3 Å². The predicted octanol–water partition coefficient (Wildman–Crippen LogP) is 4.63. The van der Waals surface area contributed by atoms with E-state index < -0.39 is 0 Å². The number of aromatic nitrogens is 3. The van der Waals surface area contributed by atoms with Crippen molar-refractivity contribution in [1.29, 1.82) is 0 Å². The van der Waals surface area contributed by atoms with Gasteiger partial charge in [0.05, 0.1) is 12.9 Å². The number of nitrogens with zero attached hydrogens (tertiary/aromatic N) is 3. The second-order valence-electron chi connectivity index (χ2n) is 7.97. The molecule has 1 N–H and O–H groups in total. The molecular weight excluding hydrogens is 443 g/mol. The molecule has 2 aromatic carbocycles. The van der Waals surface area contributed by atoms with Gasteiger partial charge >= 0.3 is 0 Å². The maximum Gasteiger partial charge on any atom is 0.230 e. The van der Waals surface area contributed by atoms with Gasteiger partial charge in [-0.05, 0) is 54.8 Å². The second-order valence-corrected chi connectivity index (χ2v) is 8.92. The zero-order chi connectivity index (χ0) is 23.8. The topological polar surface area (TPSA) is 78.3 Å². The lowest BCUT2D eigenvalue weighted by atomic mass is 10.2. The summed E-state index contributed by atoms with van der Waals surface area (Å²) in [6.07, 6.45) is -0.389. The summed E-state index contributed by atoms with van der Waals surface area (Å²) >= 11 is 1.34. The molecule has 1 heterocycles. The molecule has 0 radical (unpaired) electrons. The second kappa shape index (κ2) is 11.7. The number of nitrogens with one attached hydrogen (secondary N) is 1. The number of ether oxygens (including phenoxy) is 2. The van der Waals surface area contributed by atoms with Crippen LogP contribution in [0.3, 0.4) is 0 Å². The van der Waals surface area contributed by atoms with E-state index in [1.54, 1.807) is 19.2 Å². The third-order valence-electron chi connectivity index (χ3n) is 4.76. The molecule has 0 bridgehead atoms. The van der Waals surface area contributed by atoms with Crippen molar-refractivity contribution in [3.8, 4) is 11.5 Å². The van der Waals surface area contributed by atoms with Gasteiger partial charge < -0.3 is 19.4 Å². The summed E-state index contributed by atoms with van der Waals surface area (Å²) in [5.74, 6) is 2.15. The molecule has 1 atom stereocenters. The van der Waals surface area contributed by atoms with Crippen LogP contribution in [0.2, 0.25) is 0 Å². The lowest BCUT2D eigenvalue weighted by Crippen LogP contribution is -2.24. The monoisotopic (exact) mass is 472 g/mol. The number of rotatable bonds is 11. The molecule has 0 aliphatic heterocycles. The minimum absolute atomic E-state index is 0.0907. The smallest absolute Gasteiger partial charge is 0.230 e. The van der Waals surface area contributed by atoms with Gasteiger partial charge in [-0.3, -0.25) is 4.79 Å². The Morgan fingerprint density at radius 3 is 2.36 bits per heavy atom. The number of methoxy groups -OCH3 is 1. The molecular formula is C24H29FN4O3S. The zero-order valence-corrected chi connectivity index (χ0v) is 20.1. The van der Waals surface area contributed by atoms with Crippen LogP contribution >= 0.6 is 11.8 Å². The third-order valence-corrected chi connectivity index (χ3v) is 5.73. The largest absolute Gasteiger partial charge is 0.497 e. The summed E-state index contributed by atoms with van der Waals surface area (Å²) in [5, 5.41) is 12.2. The van der Waals surface area contributed by atoms with E-state index in [2.05, 4.69) is 29.4 Å². The van der Waals surface area contributed by atoms with E-state index in [-0.39, 0.29) is 23.6 Å². The van der Waals surface area contributed by atoms with Crippen LogP contribution in [0.5, 0.6) is 11.5 Å². The Morgan fingerprint density at radius 1 is 1.06 bits per heavy atom. The highest BCUT2D eigenvalue weighted by Crippen LogP contribution is 2.25. The van der Waals surface area contributed by atoms with E-state index in [0.29, 0.717) is 35.7 Å². The molecule has 3 aromatic rings. The van der Waals surface area contributed by atoms with E-state index in [1.165, 1.54) is 23.9 Å². The Kier molecular flexibility index (Phi) is 8.71. The lowest BCUT2D eigenvalue weighted by Gasteiger charge is -2.17. The van der Waals surface area contributed by atoms with Gasteiger partial charge in [0.2, 0.25) is 5.91 Å². The van der Waals surface area contributed by atoms with Crippen molar-refractivity contribution in [3.63, 3.8) is 0 Å². The van der Waals surface area contributed by atoms with Crippen molar-refractivity contribution in [1.82, 2.24) is 20.1 Å². The fourth-order valence-electron chi connectivity index (χ4n) is 3.14. The Bertz CT molecular complexity index is 1040. The molecule has 3 rings (SSSR count). The zero-order valence-electron chi connectivity index (χ0n) is 19.2. The van der Waals surface area contributed by atoms with Gasteiger partial charge in [0.15, 0.2) is 17.1 Å². The molecule has 33 heavy (non-hydrogen) atoms. The average Bonchev–Trinajstić information content (AvgIpc) is 3.20. The molecule has 176 valence electrons. The summed E-state index contributed by atoms with van der Waals surface area (Å²) in [6, 6.07) is 13.4. The maximum absolute atomic E-state index is 13.2. The lowest BCUT2D eigenvalue weighted by molar-refractivity contribution is -0.118. The molecule has 0 spiro atoms. The van der Waals surface area contributed by atoms with Gasteiger partial charge in [-0.25, -0.2) is 4.39 Å². The van der Waals surface area contributed by atoms with Crippen molar-refractivity contribution >= 4 is 17.7 Å². The van der Waals surface area contributed by atoms with Crippen LogP contribution in [0.25, 0.3) is 0 Å². The van der Waals surface area contributed by atoms with Crippen LogP contribution in [0, 0.1) is 11.7 Å². The van der Waals surface area contributed by atoms with Gasteiger partial charge in [0, 0.05) is 13.1 Å². The molecule has 0 saturated carbocycles. The fraction of sp³-hybridized carbons (Fsp3) is 0.375. The van der Waals surface area contributed by atoms with Crippen LogP contribution in [-0.2, 0) is 17.9 Å². The number of amides is 1. The van der Waals surface area contributed by atoms with Crippen molar-refractivity contribution in [2.24, 2.45) is 5.92 Å². The Hall–Kier alpha value is -3.07. The average molecular weight is 473 g/mol. The summed E-state index contributed by atoms with van der Waals surface area (Å²) in [6.45, 7) is 7.21. The first-order valence-corrected chi connectivity index (χ1v) is 11.7. The number of carbonyl (C=O) groups is 1. The summed E-state index contributed by atoms with van der Waals surface area (Å²) in [7, 11) is 1.62. The van der Waals surface area contributed by atoms with Crippen molar-refractivity contribution in [2.75, 3.05) is 12.9 Å². The van der Waals surface area contributed by atoms with Gasteiger partial charge in [-0.2, -0.15) is 0 Å². The van der Waals surface area contributed by atoms with E-state index in [9.17, 15) is 9.18 Å². The Morgan fingerprint density at radius 2 is 1.73 bits per heavy atom. The van der Waals surface area contributed by atoms with E-state index in [4.69, 9.17) is 9.47 Å². The van der Waals surface area contributed by atoms with Crippen molar-refractivity contribution in [2.45, 2.75) is 45.1 Å². The van der Waals surface area contributed by atoms with Crippen LogP contribution in [0.1, 0.15) is 38.3 Å². The minimum atomic E-state index is -0.389. The van der Waals surface area contributed by atoms with Gasteiger partial charge in [-0.1, -0.05) is 37.7 Å². The minimum Gasteiger partial charge on any atom is -0.497 e. The number of hydrogen-bond acceptors (Lipinski definition) is 6. The molecule has 7 nitrogen and oxygen atoms in total. The highest BCUT2D eigenvalue weighted by molar-refractivity contribution is 7.99. The number of carbonyl (C=O) groups excluding carboxylic acids is 1. The molecule has 0 saturated heterocycles. The first-order chi connectivity index (χ1) is 15.9. The SMILES string of the molecule is COc1ccc(CNC(=O)CSc2nnc(C(C)Oc3ccc(F)cc3)n2CC(C)C)cc1. The van der Waals surface area contributed by atoms with Crippen molar-refractivity contribution < 1.29 is 18.7 Å². The van der Waals surface area contributed by atoms with E-state index >= 15 is 0 Å².